The fraction of sp³-hybridized carbons (Fsp3) is 0.565. The van der Waals surface area contributed by atoms with Gasteiger partial charge < -0.3 is 0 Å². The van der Waals surface area contributed by atoms with Crippen LogP contribution in [0.1, 0.15) is 80.2 Å². The number of hydrogen-bond acceptors (Lipinski definition) is 0. The van der Waals surface area contributed by atoms with E-state index in [1.54, 1.807) is 27.5 Å². The molecule has 0 fully saturated rings. The van der Waals surface area contributed by atoms with E-state index in [9.17, 15) is 0 Å². The first kappa shape index (κ1) is 19.2. The van der Waals surface area contributed by atoms with Crippen LogP contribution in [-0.4, -0.2) is 9.52 Å². The highest BCUT2D eigenvalue weighted by Gasteiger charge is 2.19. The summed E-state index contributed by atoms with van der Waals surface area (Å²) >= 11 is 0. The summed E-state index contributed by atoms with van der Waals surface area (Å²) in [5.41, 5.74) is 11.1. The molecule has 0 bridgehead atoms. The van der Waals surface area contributed by atoms with E-state index in [0.717, 1.165) is 0 Å². The monoisotopic (exact) mass is 340 g/mol. The SMILES string of the molecule is CCCCCC1=CC(CC)=C([SiH2]c2c(C)c(C)c(C)c(C)c2C)C1. The Kier molecular flexibility index (Phi) is 6.68. The van der Waals surface area contributed by atoms with Gasteiger partial charge in [-0.05, 0) is 88.1 Å². The third kappa shape index (κ3) is 3.94. The first-order valence-electron chi connectivity index (χ1n) is 9.86. The third-order valence-electron chi connectivity index (χ3n) is 6.30. The summed E-state index contributed by atoms with van der Waals surface area (Å²) in [6.07, 6.45) is 10.4. The molecule has 0 nitrogen and oxygen atoms in total. The van der Waals surface area contributed by atoms with Crippen molar-refractivity contribution >= 4 is 14.7 Å². The lowest BCUT2D eigenvalue weighted by molar-refractivity contribution is 0.708. The second-order valence-corrected chi connectivity index (χ2v) is 9.61. The van der Waals surface area contributed by atoms with Crippen LogP contribution in [0.3, 0.4) is 0 Å². The molecule has 0 amide bonds. The average molecular weight is 341 g/mol. The van der Waals surface area contributed by atoms with Crippen LogP contribution in [0.4, 0.5) is 0 Å². The zero-order valence-electron chi connectivity index (χ0n) is 17.0. The minimum Gasteiger partial charge on any atom is -0.0755 e. The van der Waals surface area contributed by atoms with Gasteiger partial charge in [0.1, 0.15) is 0 Å². The van der Waals surface area contributed by atoms with Crippen molar-refractivity contribution in [2.24, 2.45) is 0 Å². The van der Waals surface area contributed by atoms with E-state index in [4.69, 9.17) is 0 Å². The lowest BCUT2D eigenvalue weighted by atomic mass is 9.95. The van der Waals surface area contributed by atoms with E-state index in [0.29, 0.717) is 0 Å². The van der Waals surface area contributed by atoms with Gasteiger partial charge in [-0.1, -0.05) is 54.3 Å². The summed E-state index contributed by atoms with van der Waals surface area (Å²) in [7, 11) is -0.343. The van der Waals surface area contributed by atoms with Gasteiger partial charge in [-0.25, -0.2) is 0 Å². The van der Waals surface area contributed by atoms with Gasteiger partial charge in [0, 0.05) is 0 Å². The first-order valence-corrected chi connectivity index (χ1v) is 11.3. The van der Waals surface area contributed by atoms with E-state index in [1.165, 1.54) is 55.2 Å². The summed E-state index contributed by atoms with van der Waals surface area (Å²) in [5, 5.41) is 3.54. The molecule has 0 saturated carbocycles. The van der Waals surface area contributed by atoms with E-state index in [2.05, 4.69) is 54.5 Å². The topological polar surface area (TPSA) is 0 Å². The van der Waals surface area contributed by atoms with Crippen LogP contribution in [0, 0.1) is 34.6 Å². The van der Waals surface area contributed by atoms with Crippen molar-refractivity contribution in [2.75, 3.05) is 0 Å². The molecule has 1 aromatic rings. The summed E-state index contributed by atoms with van der Waals surface area (Å²) in [6, 6.07) is 0. The first-order chi connectivity index (χ1) is 11.4. The molecular weight excluding hydrogens is 304 g/mol. The van der Waals surface area contributed by atoms with Gasteiger partial charge in [-0.15, -0.1) is 0 Å². The zero-order chi connectivity index (χ0) is 17.9. The molecule has 2 rings (SSSR count). The van der Waals surface area contributed by atoms with E-state index in [-0.39, 0.29) is 9.52 Å². The standard InChI is InChI=1S/C23H36Si/c1-8-10-11-12-20-13-21(9-2)22(14-20)24-23-18(6)16(4)15(3)17(5)19(23)7/h13H,8-12,14,24H2,1-7H3. The lowest BCUT2D eigenvalue weighted by Gasteiger charge is -2.19. The number of hydrogen-bond donors (Lipinski definition) is 0. The van der Waals surface area contributed by atoms with Gasteiger partial charge in [0.05, 0.1) is 9.52 Å². The second-order valence-electron chi connectivity index (χ2n) is 7.70. The minimum absolute atomic E-state index is 0.343. The molecule has 1 aliphatic carbocycles. The Morgan fingerprint density at radius 1 is 0.833 bits per heavy atom. The molecule has 1 aromatic carbocycles. The normalized spacial score (nSPS) is 15.0. The van der Waals surface area contributed by atoms with Gasteiger partial charge >= 0.3 is 0 Å². The van der Waals surface area contributed by atoms with E-state index in [1.807, 2.05) is 5.20 Å². The Labute approximate surface area is 152 Å². The maximum absolute atomic E-state index is 2.55. The molecule has 0 aliphatic heterocycles. The van der Waals surface area contributed by atoms with Crippen LogP contribution in [-0.2, 0) is 0 Å². The molecule has 0 unspecified atom stereocenters. The number of unbranched alkanes of at least 4 members (excludes halogenated alkanes) is 2. The van der Waals surface area contributed by atoms with Gasteiger partial charge in [-0.2, -0.15) is 0 Å². The van der Waals surface area contributed by atoms with Crippen molar-refractivity contribution in [3.05, 3.63) is 50.2 Å². The molecule has 24 heavy (non-hydrogen) atoms. The number of rotatable bonds is 7. The van der Waals surface area contributed by atoms with Crippen molar-refractivity contribution in [1.82, 2.24) is 0 Å². The molecule has 1 aliphatic rings. The van der Waals surface area contributed by atoms with Gasteiger partial charge in [0.25, 0.3) is 0 Å². The molecule has 0 radical (unpaired) electrons. The van der Waals surface area contributed by atoms with Crippen molar-refractivity contribution in [3.63, 3.8) is 0 Å². The molecule has 0 atom stereocenters. The van der Waals surface area contributed by atoms with Gasteiger partial charge in [-0.3, -0.25) is 0 Å². The smallest absolute Gasteiger partial charge is 0.0755 e. The molecule has 1 heteroatoms. The summed E-state index contributed by atoms with van der Waals surface area (Å²) in [5.74, 6) is 0. The van der Waals surface area contributed by atoms with Crippen molar-refractivity contribution < 1.29 is 0 Å². The highest BCUT2D eigenvalue weighted by Crippen LogP contribution is 2.30. The highest BCUT2D eigenvalue weighted by atomic mass is 28.2. The lowest BCUT2D eigenvalue weighted by Crippen LogP contribution is -2.26. The Morgan fingerprint density at radius 2 is 1.42 bits per heavy atom. The largest absolute Gasteiger partial charge is 0.0839 e. The third-order valence-corrected chi connectivity index (χ3v) is 8.85. The van der Waals surface area contributed by atoms with Crippen LogP contribution in [0.5, 0.6) is 0 Å². The number of benzene rings is 1. The van der Waals surface area contributed by atoms with Crippen LogP contribution < -0.4 is 5.19 Å². The predicted octanol–water partition coefficient (Wildman–Crippen LogP) is 5.60. The number of allylic oxidation sites excluding steroid dienone is 4. The van der Waals surface area contributed by atoms with Crippen molar-refractivity contribution in [1.29, 1.82) is 0 Å². The summed E-state index contributed by atoms with van der Waals surface area (Å²) < 4.78 is 0. The molecule has 0 aromatic heterocycles. The Balaban J connectivity index is 2.23. The fourth-order valence-corrected chi connectivity index (χ4v) is 6.65. The van der Waals surface area contributed by atoms with Crippen molar-refractivity contribution in [2.45, 2.75) is 87.0 Å². The molecule has 0 heterocycles. The molecule has 0 N–H and O–H groups in total. The van der Waals surface area contributed by atoms with Crippen LogP contribution >= 0.6 is 0 Å². The summed E-state index contributed by atoms with van der Waals surface area (Å²) in [6.45, 7) is 16.3. The van der Waals surface area contributed by atoms with Crippen LogP contribution in [0.2, 0.25) is 0 Å². The maximum Gasteiger partial charge on any atom is 0.0839 e. The quantitative estimate of drug-likeness (QED) is 0.448. The van der Waals surface area contributed by atoms with Gasteiger partial charge in [0.2, 0.25) is 0 Å². The highest BCUT2D eigenvalue weighted by molar-refractivity contribution is 6.62. The fourth-order valence-electron chi connectivity index (χ4n) is 4.13. The van der Waals surface area contributed by atoms with E-state index < -0.39 is 0 Å². The minimum atomic E-state index is -0.343. The molecular formula is C23H36Si. The van der Waals surface area contributed by atoms with Crippen LogP contribution in [0.25, 0.3) is 0 Å². The van der Waals surface area contributed by atoms with Gasteiger partial charge in [0.15, 0.2) is 0 Å². The molecule has 0 saturated heterocycles. The van der Waals surface area contributed by atoms with E-state index >= 15 is 0 Å². The Hall–Kier alpha value is -1.08. The van der Waals surface area contributed by atoms with Crippen LogP contribution in [0.15, 0.2) is 22.4 Å². The Morgan fingerprint density at radius 3 is 1.96 bits per heavy atom. The summed E-state index contributed by atoms with van der Waals surface area (Å²) in [4.78, 5) is 0. The zero-order valence-corrected chi connectivity index (χ0v) is 18.4. The predicted molar refractivity (Wildman–Crippen MR) is 112 cm³/mol. The van der Waals surface area contributed by atoms with Crippen molar-refractivity contribution in [3.8, 4) is 0 Å². The maximum atomic E-state index is 2.55. The molecule has 132 valence electrons. The average Bonchev–Trinajstić information content (AvgIpc) is 2.97. The second kappa shape index (κ2) is 8.34. The molecule has 0 spiro atoms. The Bertz CT molecular complexity index is 645.